The number of rotatable bonds is 6. The summed E-state index contributed by atoms with van der Waals surface area (Å²) in [6, 6.07) is 3.71. The predicted molar refractivity (Wildman–Crippen MR) is 84.2 cm³/mol. The summed E-state index contributed by atoms with van der Waals surface area (Å²) in [5.41, 5.74) is 0. The SMILES string of the molecule is CC(C)CNC(=O)[C@H]1CCCN(C(=O)CCc2ccco2)C1. The smallest absolute Gasteiger partial charge is 0.224 e. The molecular weight excluding hydrogens is 280 g/mol. The highest BCUT2D eigenvalue weighted by Gasteiger charge is 2.28. The molecule has 0 aliphatic carbocycles. The summed E-state index contributed by atoms with van der Waals surface area (Å²) in [6.45, 7) is 6.14. The summed E-state index contributed by atoms with van der Waals surface area (Å²) < 4.78 is 5.25. The Balaban J connectivity index is 1.79. The summed E-state index contributed by atoms with van der Waals surface area (Å²) in [4.78, 5) is 26.3. The van der Waals surface area contributed by atoms with Crippen LogP contribution in [0.2, 0.25) is 0 Å². The molecule has 2 amide bonds. The van der Waals surface area contributed by atoms with Gasteiger partial charge in [-0.2, -0.15) is 0 Å². The molecule has 1 aromatic rings. The van der Waals surface area contributed by atoms with Gasteiger partial charge in [0.2, 0.25) is 11.8 Å². The van der Waals surface area contributed by atoms with Gasteiger partial charge in [-0.25, -0.2) is 0 Å². The Morgan fingerprint density at radius 2 is 2.27 bits per heavy atom. The van der Waals surface area contributed by atoms with Crippen LogP contribution in [0.4, 0.5) is 0 Å². The second kappa shape index (κ2) is 8.01. The lowest BCUT2D eigenvalue weighted by molar-refractivity contribution is -0.135. The van der Waals surface area contributed by atoms with Crippen LogP contribution in [0, 0.1) is 11.8 Å². The first kappa shape index (κ1) is 16.6. The van der Waals surface area contributed by atoms with E-state index in [0.717, 1.165) is 25.1 Å². The molecule has 1 aromatic heterocycles. The first-order valence-corrected chi connectivity index (χ1v) is 8.14. The summed E-state index contributed by atoms with van der Waals surface area (Å²) >= 11 is 0. The molecule has 0 bridgehead atoms. The third kappa shape index (κ3) is 4.90. The Bertz CT molecular complexity index is 482. The highest BCUT2D eigenvalue weighted by atomic mass is 16.3. The number of carbonyl (C=O) groups is 2. The van der Waals surface area contributed by atoms with E-state index in [1.807, 2.05) is 17.0 Å². The van der Waals surface area contributed by atoms with Crippen LogP contribution >= 0.6 is 0 Å². The van der Waals surface area contributed by atoms with Gasteiger partial charge in [0.05, 0.1) is 12.2 Å². The van der Waals surface area contributed by atoms with E-state index >= 15 is 0 Å². The van der Waals surface area contributed by atoms with Gasteiger partial charge in [0.25, 0.3) is 0 Å². The van der Waals surface area contributed by atoms with E-state index in [1.54, 1.807) is 6.26 Å². The van der Waals surface area contributed by atoms with Crippen LogP contribution < -0.4 is 5.32 Å². The van der Waals surface area contributed by atoms with Crippen LogP contribution in [-0.2, 0) is 16.0 Å². The molecule has 2 heterocycles. The minimum atomic E-state index is -0.0694. The Morgan fingerprint density at radius 1 is 1.45 bits per heavy atom. The number of hydrogen-bond acceptors (Lipinski definition) is 3. The molecule has 0 radical (unpaired) electrons. The third-order valence-electron chi connectivity index (χ3n) is 3.99. The zero-order valence-electron chi connectivity index (χ0n) is 13.5. The van der Waals surface area contributed by atoms with E-state index in [9.17, 15) is 9.59 Å². The Morgan fingerprint density at radius 3 is 2.95 bits per heavy atom. The second-order valence-electron chi connectivity index (χ2n) is 6.40. The zero-order chi connectivity index (χ0) is 15.9. The van der Waals surface area contributed by atoms with E-state index in [-0.39, 0.29) is 17.7 Å². The molecular formula is C17H26N2O3. The summed E-state index contributed by atoms with van der Waals surface area (Å²) in [5.74, 6) is 1.39. The summed E-state index contributed by atoms with van der Waals surface area (Å²) in [6.07, 6.45) is 4.44. The largest absolute Gasteiger partial charge is 0.469 e. The summed E-state index contributed by atoms with van der Waals surface area (Å²) in [5, 5.41) is 2.97. The number of hydrogen-bond donors (Lipinski definition) is 1. The molecule has 1 atom stereocenters. The first-order chi connectivity index (χ1) is 10.6. The van der Waals surface area contributed by atoms with Crippen molar-refractivity contribution in [3.05, 3.63) is 24.2 Å². The highest BCUT2D eigenvalue weighted by molar-refractivity contribution is 5.81. The van der Waals surface area contributed by atoms with Crippen molar-refractivity contribution >= 4 is 11.8 Å². The normalized spacial score (nSPS) is 18.5. The van der Waals surface area contributed by atoms with E-state index < -0.39 is 0 Å². The van der Waals surface area contributed by atoms with Crippen LogP contribution in [0.25, 0.3) is 0 Å². The van der Waals surface area contributed by atoms with Gasteiger partial charge < -0.3 is 14.6 Å². The lowest BCUT2D eigenvalue weighted by Crippen LogP contribution is -2.46. The fourth-order valence-electron chi connectivity index (χ4n) is 2.71. The van der Waals surface area contributed by atoms with Crippen molar-refractivity contribution in [1.29, 1.82) is 0 Å². The average molecular weight is 306 g/mol. The molecule has 5 nitrogen and oxygen atoms in total. The molecule has 5 heteroatoms. The standard InChI is InChI=1S/C17H26N2O3/c1-13(2)11-18-17(21)14-5-3-9-19(12-14)16(20)8-7-15-6-4-10-22-15/h4,6,10,13-14H,3,5,7-9,11-12H2,1-2H3,(H,18,21)/t14-/m0/s1. The van der Waals surface area contributed by atoms with Gasteiger partial charge in [0.1, 0.15) is 5.76 Å². The number of carbonyl (C=O) groups excluding carboxylic acids is 2. The number of amides is 2. The Hall–Kier alpha value is -1.78. The number of furan rings is 1. The minimum absolute atomic E-state index is 0.0694. The maximum absolute atomic E-state index is 12.3. The van der Waals surface area contributed by atoms with Gasteiger partial charge in [-0.3, -0.25) is 9.59 Å². The molecule has 0 saturated carbocycles. The number of likely N-dealkylation sites (tertiary alicyclic amines) is 1. The molecule has 1 saturated heterocycles. The number of nitrogens with zero attached hydrogens (tertiary/aromatic N) is 1. The fraction of sp³-hybridized carbons (Fsp3) is 0.647. The van der Waals surface area contributed by atoms with Crippen LogP contribution in [0.1, 0.15) is 38.9 Å². The maximum Gasteiger partial charge on any atom is 0.224 e. The van der Waals surface area contributed by atoms with Crippen molar-refractivity contribution in [3.63, 3.8) is 0 Å². The molecule has 1 N–H and O–H groups in total. The Kier molecular flexibility index (Phi) is 6.04. The van der Waals surface area contributed by atoms with Gasteiger partial charge in [-0.05, 0) is 30.9 Å². The molecule has 0 unspecified atom stereocenters. The molecule has 122 valence electrons. The van der Waals surface area contributed by atoms with Gasteiger partial charge in [0, 0.05) is 32.5 Å². The minimum Gasteiger partial charge on any atom is -0.469 e. The lowest BCUT2D eigenvalue weighted by Gasteiger charge is -2.32. The van der Waals surface area contributed by atoms with Crippen LogP contribution in [0.3, 0.4) is 0 Å². The highest BCUT2D eigenvalue weighted by Crippen LogP contribution is 2.18. The van der Waals surface area contributed by atoms with E-state index in [2.05, 4.69) is 19.2 Å². The first-order valence-electron chi connectivity index (χ1n) is 8.14. The third-order valence-corrected chi connectivity index (χ3v) is 3.99. The number of nitrogens with one attached hydrogen (secondary N) is 1. The van der Waals surface area contributed by atoms with Gasteiger partial charge in [0.15, 0.2) is 0 Å². The Labute approximate surface area is 132 Å². The predicted octanol–water partition coefficient (Wildman–Crippen LogP) is 2.22. The van der Waals surface area contributed by atoms with Gasteiger partial charge in [-0.1, -0.05) is 13.8 Å². The molecule has 0 aromatic carbocycles. The fourth-order valence-corrected chi connectivity index (χ4v) is 2.71. The molecule has 1 aliphatic rings. The molecule has 1 fully saturated rings. The molecule has 0 spiro atoms. The van der Waals surface area contributed by atoms with E-state index in [4.69, 9.17) is 4.42 Å². The van der Waals surface area contributed by atoms with E-state index in [1.165, 1.54) is 0 Å². The monoisotopic (exact) mass is 306 g/mol. The van der Waals surface area contributed by atoms with Crippen molar-refractivity contribution < 1.29 is 14.0 Å². The topological polar surface area (TPSA) is 62.6 Å². The van der Waals surface area contributed by atoms with Crippen molar-refractivity contribution in [1.82, 2.24) is 10.2 Å². The molecule has 2 rings (SSSR count). The number of piperidine rings is 1. The second-order valence-corrected chi connectivity index (χ2v) is 6.40. The zero-order valence-corrected chi connectivity index (χ0v) is 13.5. The van der Waals surface area contributed by atoms with Crippen molar-refractivity contribution in [3.8, 4) is 0 Å². The average Bonchev–Trinajstić information content (AvgIpc) is 3.03. The van der Waals surface area contributed by atoms with E-state index in [0.29, 0.717) is 31.8 Å². The molecule has 22 heavy (non-hydrogen) atoms. The van der Waals surface area contributed by atoms with Crippen LogP contribution in [0.15, 0.2) is 22.8 Å². The lowest BCUT2D eigenvalue weighted by atomic mass is 9.96. The van der Waals surface area contributed by atoms with Crippen molar-refractivity contribution in [2.75, 3.05) is 19.6 Å². The van der Waals surface area contributed by atoms with Crippen molar-refractivity contribution in [2.24, 2.45) is 11.8 Å². The van der Waals surface area contributed by atoms with Crippen molar-refractivity contribution in [2.45, 2.75) is 39.5 Å². The maximum atomic E-state index is 12.3. The van der Waals surface area contributed by atoms with Crippen LogP contribution in [-0.4, -0.2) is 36.3 Å². The molecule has 1 aliphatic heterocycles. The quantitative estimate of drug-likeness (QED) is 0.876. The van der Waals surface area contributed by atoms with Crippen LogP contribution in [0.5, 0.6) is 0 Å². The summed E-state index contributed by atoms with van der Waals surface area (Å²) in [7, 11) is 0. The number of aryl methyl sites for hydroxylation is 1. The van der Waals surface area contributed by atoms with Gasteiger partial charge >= 0.3 is 0 Å². The van der Waals surface area contributed by atoms with Gasteiger partial charge in [-0.15, -0.1) is 0 Å².